The molecule has 0 amide bonds. The lowest BCUT2D eigenvalue weighted by Crippen LogP contribution is -2.04. The van der Waals surface area contributed by atoms with E-state index in [1.165, 1.54) is 33.4 Å². The van der Waals surface area contributed by atoms with Gasteiger partial charge in [-0.05, 0) is 51.6 Å². The molecule has 0 bridgehead atoms. The first kappa shape index (κ1) is 18.3. The van der Waals surface area contributed by atoms with Gasteiger partial charge in [0, 0.05) is 5.92 Å². The molecule has 2 heteroatoms. The van der Waals surface area contributed by atoms with E-state index in [0.29, 0.717) is 6.54 Å². The summed E-state index contributed by atoms with van der Waals surface area (Å²) >= 11 is 0. The first-order valence-electron chi connectivity index (χ1n) is 10.3. The fourth-order valence-corrected chi connectivity index (χ4v) is 4.19. The Labute approximate surface area is 177 Å². The highest BCUT2D eigenvalue weighted by Crippen LogP contribution is 2.46. The lowest BCUT2D eigenvalue weighted by molar-refractivity contribution is 0.920. The second-order valence-corrected chi connectivity index (χ2v) is 7.46. The Hall–Kier alpha value is -3.78. The van der Waals surface area contributed by atoms with Gasteiger partial charge in [0.15, 0.2) is 0 Å². The predicted molar refractivity (Wildman–Crippen MR) is 124 cm³/mol. The van der Waals surface area contributed by atoms with Crippen molar-refractivity contribution in [2.45, 2.75) is 12.5 Å². The summed E-state index contributed by atoms with van der Waals surface area (Å²) in [6.45, 7) is 0.561. The van der Waals surface area contributed by atoms with Gasteiger partial charge in [-0.2, -0.15) is 10.2 Å². The monoisotopic (exact) mass is 386 g/mol. The standard InChI is InChI=1S/C28H22N2/c1-3-11-21(12-4-1)27-19-22-13-7-9-17-25(22)28(27)26-18-10-8-14-23(26)20-29-30-24-15-5-2-6-16-24/h1-19,28H,20H2. The summed E-state index contributed by atoms with van der Waals surface area (Å²) in [5.74, 6) is 0.201. The highest BCUT2D eigenvalue weighted by molar-refractivity contribution is 5.93. The van der Waals surface area contributed by atoms with Gasteiger partial charge >= 0.3 is 0 Å². The van der Waals surface area contributed by atoms with Crippen molar-refractivity contribution in [3.8, 4) is 0 Å². The van der Waals surface area contributed by atoms with Crippen molar-refractivity contribution < 1.29 is 0 Å². The maximum Gasteiger partial charge on any atom is 0.0856 e. The normalized spacial score (nSPS) is 15.2. The Balaban J connectivity index is 1.54. The van der Waals surface area contributed by atoms with Crippen LogP contribution in [0.5, 0.6) is 0 Å². The molecule has 0 heterocycles. The van der Waals surface area contributed by atoms with E-state index < -0.39 is 0 Å². The third-order valence-corrected chi connectivity index (χ3v) is 5.59. The van der Waals surface area contributed by atoms with Crippen LogP contribution in [-0.2, 0) is 6.54 Å². The first-order valence-corrected chi connectivity index (χ1v) is 10.3. The summed E-state index contributed by atoms with van der Waals surface area (Å²) in [5, 5.41) is 8.90. The molecule has 30 heavy (non-hydrogen) atoms. The van der Waals surface area contributed by atoms with Gasteiger partial charge in [0.1, 0.15) is 0 Å². The predicted octanol–water partition coefficient (Wildman–Crippen LogP) is 7.66. The summed E-state index contributed by atoms with van der Waals surface area (Å²) in [6.07, 6.45) is 2.33. The minimum atomic E-state index is 0.201. The summed E-state index contributed by atoms with van der Waals surface area (Å²) in [4.78, 5) is 0. The maximum atomic E-state index is 4.50. The molecule has 144 valence electrons. The molecule has 4 aromatic rings. The van der Waals surface area contributed by atoms with Gasteiger partial charge in [0.2, 0.25) is 0 Å². The number of azo groups is 1. The molecule has 1 unspecified atom stereocenters. The molecule has 0 saturated heterocycles. The Kier molecular flexibility index (Phi) is 5.05. The summed E-state index contributed by atoms with van der Waals surface area (Å²) in [6, 6.07) is 37.9. The number of allylic oxidation sites excluding steroid dienone is 1. The van der Waals surface area contributed by atoms with Crippen LogP contribution >= 0.6 is 0 Å². The molecule has 4 aromatic carbocycles. The Morgan fingerprint density at radius 1 is 0.600 bits per heavy atom. The van der Waals surface area contributed by atoms with Crippen LogP contribution in [0.15, 0.2) is 119 Å². The molecule has 0 N–H and O–H groups in total. The Morgan fingerprint density at radius 3 is 2.03 bits per heavy atom. The van der Waals surface area contributed by atoms with E-state index in [9.17, 15) is 0 Å². The van der Waals surface area contributed by atoms with Crippen LogP contribution in [0, 0.1) is 0 Å². The molecule has 1 atom stereocenters. The highest BCUT2D eigenvalue weighted by Gasteiger charge is 2.28. The van der Waals surface area contributed by atoms with Crippen molar-refractivity contribution in [2.75, 3.05) is 0 Å². The molecule has 0 saturated carbocycles. The molecule has 1 aliphatic rings. The van der Waals surface area contributed by atoms with Crippen molar-refractivity contribution in [3.63, 3.8) is 0 Å². The highest BCUT2D eigenvalue weighted by atomic mass is 15.1. The van der Waals surface area contributed by atoms with Crippen LogP contribution in [0.2, 0.25) is 0 Å². The van der Waals surface area contributed by atoms with Crippen LogP contribution in [0.4, 0.5) is 5.69 Å². The molecule has 0 aliphatic heterocycles. The smallest absolute Gasteiger partial charge is 0.0856 e. The van der Waals surface area contributed by atoms with E-state index in [-0.39, 0.29) is 5.92 Å². The minimum Gasteiger partial charge on any atom is -0.184 e. The molecule has 0 fully saturated rings. The number of hydrogen-bond donors (Lipinski definition) is 0. The molecule has 2 nitrogen and oxygen atoms in total. The van der Waals surface area contributed by atoms with Gasteiger partial charge in [0.25, 0.3) is 0 Å². The van der Waals surface area contributed by atoms with E-state index in [0.717, 1.165) is 5.69 Å². The number of nitrogens with zero attached hydrogens (tertiary/aromatic N) is 2. The maximum absolute atomic E-state index is 4.50. The largest absolute Gasteiger partial charge is 0.184 e. The lowest BCUT2D eigenvalue weighted by Gasteiger charge is -2.20. The first-order chi connectivity index (χ1) is 14.9. The number of fused-ring (bicyclic) bond motifs is 1. The van der Waals surface area contributed by atoms with Crippen LogP contribution in [0.1, 0.15) is 33.7 Å². The van der Waals surface area contributed by atoms with Gasteiger partial charge in [0.05, 0.1) is 12.2 Å². The van der Waals surface area contributed by atoms with Crippen LogP contribution in [-0.4, -0.2) is 0 Å². The van der Waals surface area contributed by atoms with E-state index in [4.69, 9.17) is 0 Å². The van der Waals surface area contributed by atoms with Crippen molar-refractivity contribution in [3.05, 3.63) is 137 Å². The second kappa shape index (κ2) is 8.30. The Bertz CT molecular complexity index is 1210. The van der Waals surface area contributed by atoms with E-state index >= 15 is 0 Å². The molecular formula is C28H22N2. The molecular weight excluding hydrogens is 364 g/mol. The van der Waals surface area contributed by atoms with Gasteiger partial charge in [-0.1, -0.05) is 97.1 Å². The zero-order valence-electron chi connectivity index (χ0n) is 16.6. The average molecular weight is 386 g/mol. The van der Waals surface area contributed by atoms with Crippen LogP contribution in [0.25, 0.3) is 11.6 Å². The van der Waals surface area contributed by atoms with Crippen molar-refractivity contribution >= 4 is 17.3 Å². The quantitative estimate of drug-likeness (QED) is 0.315. The molecule has 0 radical (unpaired) electrons. The van der Waals surface area contributed by atoms with Crippen LogP contribution in [0.3, 0.4) is 0 Å². The summed E-state index contributed by atoms with van der Waals surface area (Å²) in [7, 11) is 0. The van der Waals surface area contributed by atoms with Crippen molar-refractivity contribution in [1.82, 2.24) is 0 Å². The third kappa shape index (κ3) is 3.60. The van der Waals surface area contributed by atoms with E-state index in [1.807, 2.05) is 30.3 Å². The molecule has 5 rings (SSSR count). The van der Waals surface area contributed by atoms with Crippen molar-refractivity contribution in [2.24, 2.45) is 10.2 Å². The van der Waals surface area contributed by atoms with Gasteiger partial charge in [-0.3, -0.25) is 0 Å². The molecule has 0 aromatic heterocycles. The van der Waals surface area contributed by atoms with Crippen LogP contribution < -0.4 is 0 Å². The zero-order valence-corrected chi connectivity index (χ0v) is 16.6. The summed E-state index contributed by atoms with van der Waals surface area (Å²) < 4.78 is 0. The van der Waals surface area contributed by atoms with E-state index in [2.05, 4.69) is 95.2 Å². The molecule has 0 spiro atoms. The third-order valence-electron chi connectivity index (χ3n) is 5.59. The van der Waals surface area contributed by atoms with Gasteiger partial charge < -0.3 is 0 Å². The Morgan fingerprint density at radius 2 is 1.23 bits per heavy atom. The van der Waals surface area contributed by atoms with Gasteiger partial charge in [-0.15, -0.1) is 0 Å². The zero-order chi connectivity index (χ0) is 20.2. The number of hydrogen-bond acceptors (Lipinski definition) is 2. The van der Waals surface area contributed by atoms with E-state index in [1.54, 1.807) is 0 Å². The van der Waals surface area contributed by atoms with Gasteiger partial charge in [-0.25, -0.2) is 0 Å². The number of benzene rings is 4. The number of rotatable bonds is 5. The van der Waals surface area contributed by atoms with Crippen molar-refractivity contribution in [1.29, 1.82) is 0 Å². The summed E-state index contributed by atoms with van der Waals surface area (Å²) in [5.41, 5.74) is 8.63. The molecule has 1 aliphatic carbocycles. The second-order valence-electron chi connectivity index (χ2n) is 7.46. The SMILES string of the molecule is C1=C(c2ccccc2)C(c2ccccc2CN=Nc2ccccc2)c2ccccc21. The fraction of sp³-hybridized carbons (Fsp3) is 0.0714. The minimum absolute atomic E-state index is 0.201. The lowest BCUT2D eigenvalue weighted by atomic mass is 9.83. The average Bonchev–Trinajstić information content (AvgIpc) is 3.20. The fourth-order valence-electron chi connectivity index (χ4n) is 4.19. The topological polar surface area (TPSA) is 24.7 Å².